The Balaban J connectivity index is 1.89. The zero-order valence-electron chi connectivity index (χ0n) is 11.6. The third-order valence-corrected chi connectivity index (χ3v) is 3.91. The number of nitrogens with one attached hydrogen (secondary N) is 1. The molecule has 1 aromatic heterocycles. The Labute approximate surface area is 127 Å². The highest BCUT2D eigenvalue weighted by molar-refractivity contribution is 9.10. The second kappa shape index (κ2) is 6.66. The summed E-state index contributed by atoms with van der Waals surface area (Å²) in [6.07, 6.45) is 2.90. The summed E-state index contributed by atoms with van der Waals surface area (Å²) in [6, 6.07) is 10.1. The first-order valence-electron chi connectivity index (χ1n) is 6.52. The number of carbonyl (C=O) groups excluding carboxylic acids is 1. The van der Waals surface area contributed by atoms with Crippen LogP contribution < -0.4 is 5.32 Å². The standard InChI is InChI=1S/C16H17BrN2O/c1-11-3-5-13(6-4-11)7-8-16(20)19-15-9-12(2)14(17)10-18-15/h3-6,9-10H,7-8H2,1-2H3,(H,18,19,20). The van der Waals surface area contributed by atoms with E-state index in [1.165, 1.54) is 11.1 Å². The molecule has 0 fully saturated rings. The number of rotatable bonds is 4. The Morgan fingerprint density at radius 3 is 2.60 bits per heavy atom. The van der Waals surface area contributed by atoms with Gasteiger partial charge in [0, 0.05) is 17.1 Å². The third-order valence-electron chi connectivity index (χ3n) is 3.08. The summed E-state index contributed by atoms with van der Waals surface area (Å²) >= 11 is 3.39. The summed E-state index contributed by atoms with van der Waals surface area (Å²) < 4.78 is 0.940. The molecule has 104 valence electrons. The number of anilines is 1. The Kier molecular flexibility index (Phi) is 4.90. The maximum Gasteiger partial charge on any atom is 0.225 e. The van der Waals surface area contributed by atoms with Crippen LogP contribution in [0.5, 0.6) is 0 Å². The van der Waals surface area contributed by atoms with Crippen LogP contribution in [-0.4, -0.2) is 10.9 Å². The molecule has 0 spiro atoms. The maximum atomic E-state index is 11.9. The number of hydrogen-bond donors (Lipinski definition) is 1. The lowest BCUT2D eigenvalue weighted by molar-refractivity contribution is -0.116. The highest BCUT2D eigenvalue weighted by Crippen LogP contribution is 2.17. The van der Waals surface area contributed by atoms with Gasteiger partial charge < -0.3 is 5.32 Å². The van der Waals surface area contributed by atoms with Crippen molar-refractivity contribution in [3.8, 4) is 0 Å². The van der Waals surface area contributed by atoms with Crippen molar-refractivity contribution in [2.75, 3.05) is 5.32 Å². The van der Waals surface area contributed by atoms with Crippen molar-refractivity contribution in [3.05, 3.63) is 57.7 Å². The van der Waals surface area contributed by atoms with Gasteiger partial charge in [-0.25, -0.2) is 4.98 Å². The quantitative estimate of drug-likeness (QED) is 0.918. The van der Waals surface area contributed by atoms with Crippen molar-refractivity contribution in [3.63, 3.8) is 0 Å². The normalized spacial score (nSPS) is 10.3. The van der Waals surface area contributed by atoms with E-state index in [1.54, 1.807) is 6.20 Å². The minimum atomic E-state index is -0.0141. The van der Waals surface area contributed by atoms with Gasteiger partial charge in [-0.1, -0.05) is 29.8 Å². The lowest BCUT2D eigenvalue weighted by Gasteiger charge is -2.06. The molecule has 0 aliphatic carbocycles. The number of hydrogen-bond acceptors (Lipinski definition) is 2. The van der Waals surface area contributed by atoms with Gasteiger partial charge in [0.2, 0.25) is 5.91 Å². The fourth-order valence-corrected chi connectivity index (χ4v) is 2.04. The number of aryl methyl sites for hydroxylation is 3. The topological polar surface area (TPSA) is 42.0 Å². The molecule has 0 aliphatic heterocycles. The fourth-order valence-electron chi connectivity index (χ4n) is 1.83. The Bertz CT molecular complexity index is 608. The van der Waals surface area contributed by atoms with Crippen LogP contribution in [0.4, 0.5) is 5.82 Å². The predicted octanol–water partition coefficient (Wildman–Crippen LogP) is 4.03. The highest BCUT2D eigenvalue weighted by Gasteiger charge is 2.05. The minimum absolute atomic E-state index is 0.0141. The van der Waals surface area contributed by atoms with Gasteiger partial charge in [-0.2, -0.15) is 0 Å². The Hall–Kier alpha value is -1.68. The molecule has 1 amide bonds. The summed E-state index contributed by atoms with van der Waals surface area (Å²) in [4.78, 5) is 16.1. The molecule has 0 unspecified atom stereocenters. The van der Waals surface area contributed by atoms with E-state index in [0.29, 0.717) is 12.2 Å². The molecule has 3 nitrogen and oxygen atoms in total. The Morgan fingerprint density at radius 2 is 1.95 bits per heavy atom. The van der Waals surface area contributed by atoms with Crippen LogP contribution in [0.1, 0.15) is 23.1 Å². The van der Waals surface area contributed by atoms with Crippen molar-refractivity contribution in [2.45, 2.75) is 26.7 Å². The number of carbonyl (C=O) groups is 1. The molecule has 20 heavy (non-hydrogen) atoms. The zero-order valence-corrected chi connectivity index (χ0v) is 13.2. The van der Waals surface area contributed by atoms with Gasteiger partial charge in [0.25, 0.3) is 0 Å². The molecule has 0 saturated carbocycles. The van der Waals surface area contributed by atoms with Crippen LogP contribution in [0.3, 0.4) is 0 Å². The molecule has 0 bridgehead atoms. The number of amides is 1. The number of nitrogens with zero attached hydrogens (tertiary/aromatic N) is 1. The van der Waals surface area contributed by atoms with Crippen molar-refractivity contribution >= 4 is 27.7 Å². The van der Waals surface area contributed by atoms with Gasteiger partial charge in [0.15, 0.2) is 0 Å². The summed E-state index contributed by atoms with van der Waals surface area (Å²) in [7, 11) is 0. The molecule has 2 rings (SSSR count). The van der Waals surface area contributed by atoms with Gasteiger partial charge in [0.1, 0.15) is 5.82 Å². The van der Waals surface area contributed by atoms with Gasteiger partial charge in [-0.3, -0.25) is 4.79 Å². The van der Waals surface area contributed by atoms with E-state index in [1.807, 2.05) is 13.0 Å². The van der Waals surface area contributed by atoms with E-state index in [-0.39, 0.29) is 5.91 Å². The number of halogens is 1. The summed E-state index contributed by atoms with van der Waals surface area (Å²) in [5.41, 5.74) is 3.45. The molecular weight excluding hydrogens is 316 g/mol. The average molecular weight is 333 g/mol. The lowest BCUT2D eigenvalue weighted by Crippen LogP contribution is -2.13. The zero-order chi connectivity index (χ0) is 14.5. The van der Waals surface area contributed by atoms with Crippen molar-refractivity contribution in [2.24, 2.45) is 0 Å². The monoisotopic (exact) mass is 332 g/mol. The SMILES string of the molecule is Cc1ccc(CCC(=O)Nc2cc(C)c(Br)cn2)cc1. The van der Waals surface area contributed by atoms with Crippen LogP contribution >= 0.6 is 15.9 Å². The van der Waals surface area contributed by atoms with Crippen LogP contribution in [0.15, 0.2) is 41.0 Å². The van der Waals surface area contributed by atoms with Crippen molar-refractivity contribution in [1.29, 1.82) is 0 Å². The average Bonchev–Trinajstić information content (AvgIpc) is 2.42. The maximum absolute atomic E-state index is 11.9. The first-order valence-corrected chi connectivity index (χ1v) is 7.31. The van der Waals surface area contributed by atoms with Gasteiger partial charge in [-0.05, 0) is 53.4 Å². The number of benzene rings is 1. The van der Waals surface area contributed by atoms with E-state index in [9.17, 15) is 4.79 Å². The molecule has 0 aliphatic rings. The smallest absolute Gasteiger partial charge is 0.225 e. The second-order valence-corrected chi connectivity index (χ2v) is 5.71. The van der Waals surface area contributed by atoms with E-state index in [0.717, 1.165) is 16.5 Å². The van der Waals surface area contributed by atoms with Crippen LogP contribution in [0.25, 0.3) is 0 Å². The molecule has 1 heterocycles. The highest BCUT2D eigenvalue weighted by atomic mass is 79.9. The van der Waals surface area contributed by atoms with Crippen molar-refractivity contribution < 1.29 is 4.79 Å². The van der Waals surface area contributed by atoms with E-state index < -0.39 is 0 Å². The predicted molar refractivity (Wildman–Crippen MR) is 84.8 cm³/mol. The van der Waals surface area contributed by atoms with Gasteiger partial charge in [-0.15, -0.1) is 0 Å². The van der Waals surface area contributed by atoms with Gasteiger partial charge in [0.05, 0.1) is 0 Å². The van der Waals surface area contributed by atoms with E-state index in [4.69, 9.17) is 0 Å². The molecular formula is C16H17BrN2O. The largest absolute Gasteiger partial charge is 0.311 e. The summed E-state index contributed by atoms with van der Waals surface area (Å²) in [5, 5.41) is 2.82. The first-order chi connectivity index (χ1) is 9.54. The third kappa shape index (κ3) is 4.17. The van der Waals surface area contributed by atoms with Crippen LogP contribution in [0.2, 0.25) is 0 Å². The fraction of sp³-hybridized carbons (Fsp3) is 0.250. The lowest BCUT2D eigenvalue weighted by atomic mass is 10.1. The van der Waals surface area contributed by atoms with Crippen LogP contribution in [-0.2, 0) is 11.2 Å². The molecule has 2 aromatic rings. The Morgan fingerprint density at radius 1 is 1.25 bits per heavy atom. The molecule has 1 N–H and O–H groups in total. The van der Waals surface area contributed by atoms with Gasteiger partial charge >= 0.3 is 0 Å². The first kappa shape index (κ1) is 14.7. The molecule has 0 radical (unpaired) electrons. The molecule has 0 atom stereocenters. The summed E-state index contributed by atoms with van der Waals surface area (Å²) in [6.45, 7) is 4.02. The number of aromatic nitrogens is 1. The van der Waals surface area contributed by atoms with E-state index in [2.05, 4.69) is 57.4 Å². The molecule has 4 heteroatoms. The number of pyridine rings is 1. The second-order valence-electron chi connectivity index (χ2n) is 4.85. The van der Waals surface area contributed by atoms with Crippen LogP contribution in [0, 0.1) is 13.8 Å². The van der Waals surface area contributed by atoms with Crippen molar-refractivity contribution in [1.82, 2.24) is 4.98 Å². The molecule has 0 saturated heterocycles. The minimum Gasteiger partial charge on any atom is -0.311 e. The summed E-state index contributed by atoms with van der Waals surface area (Å²) in [5.74, 6) is 0.583. The van der Waals surface area contributed by atoms with E-state index >= 15 is 0 Å². The molecule has 1 aromatic carbocycles.